The van der Waals surface area contributed by atoms with Crippen molar-refractivity contribution in [2.24, 2.45) is 0 Å². The average molecular weight is 389 g/mol. The zero-order valence-corrected chi connectivity index (χ0v) is 14.7. The highest BCUT2D eigenvalue weighted by atomic mass is 35.5. The third kappa shape index (κ3) is 3.37. The molecule has 0 saturated heterocycles. The summed E-state index contributed by atoms with van der Waals surface area (Å²) >= 11 is 3.84. The van der Waals surface area contributed by atoms with Gasteiger partial charge in [-0.15, -0.1) is 5.10 Å². The minimum atomic E-state index is -2.06. The van der Waals surface area contributed by atoms with E-state index < -0.39 is 28.7 Å². The quantitative estimate of drug-likeness (QED) is 0.846. The number of carbonyl (C=O) groups is 1. The number of fused-ring (bicyclic) bond motifs is 1. The minimum Gasteiger partial charge on any atom is -0.279 e. The van der Waals surface area contributed by atoms with Crippen LogP contribution in [0.25, 0.3) is 5.69 Å². The van der Waals surface area contributed by atoms with Crippen LogP contribution in [-0.4, -0.2) is 31.6 Å². The second-order valence-corrected chi connectivity index (χ2v) is 6.75. The first-order chi connectivity index (χ1) is 11.9. The summed E-state index contributed by atoms with van der Waals surface area (Å²) in [5.74, 6) is -1.06. The van der Waals surface area contributed by atoms with Crippen molar-refractivity contribution in [3.05, 3.63) is 44.8 Å². The molecule has 0 aliphatic carbocycles. The van der Waals surface area contributed by atoms with E-state index in [0.29, 0.717) is 18.8 Å². The van der Waals surface area contributed by atoms with Gasteiger partial charge >= 0.3 is 5.69 Å². The molecular weight excluding hydrogens is 375 g/mol. The van der Waals surface area contributed by atoms with Gasteiger partial charge < -0.3 is 0 Å². The van der Waals surface area contributed by atoms with Gasteiger partial charge in [-0.05, 0) is 25.0 Å². The van der Waals surface area contributed by atoms with Crippen molar-refractivity contribution in [3.8, 4) is 5.69 Å². The van der Waals surface area contributed by atoms with E-state index in [1.165, 1.54) is 4.57 Å². The molecule has 1 unspecified atom stereocenters. The normalized spacial score (nSPS) is 14.8. The first-order valence-electron chi connectivity index (χ1n) is 7.37. The summed E-state index contributed by atoms with van der Waals surface area (Å²) in [5, 5.41) is 3.97. The summed E-state index contributed by atoms with van der Waals surface area (Å²) in [6.45, 7) is 0.517. The molecule has 1 aliphatic rings. The smallest absolute Gasteiger partial charge is 0.279 e. The first-order valence-corrected chi connectivity index (χ1v) is 8.83. The highest BCUT2D eigenvalue weighted by molar-refractivity contribution is 7.78. The van der Waals surface area contributed by atoms with Gasteiger partial charge in [0.05, 0.1) is 17.7 Å². The molecule has 2 heterocycles. The fraction of sp³-hybridized carbons (Fsp3) is 0.357. The van der Waals surface area contributed by atoms with Crippen LogP contribution in [0.4, 0.5) is 4.39 Å². The van der Waals surface area contributed by atoms with Gasteiger partial charge in [0.2, 0.25) is 0 Å². The molecule has 0 radical (unpaired) electrons. The van der Waals surface area contributed by atoms with E-state index in [-0.39, 0.29) is 16.3 Å². The molecule has 1 aromatic heterocycles. The van der Waals surface area contributed by atoms with Gasteiger partial charge in [-0.25, -0.2) is 18.1 Å². The molecule has 1 N–H and O–H groups in total. The van der Waals surface area contributed by atoms with E-state index in [4.69, 9.17) is 11.6 Å². The van der Waals surface area contributed by atoms with Crippen LogP contribution in [0.1, 0.15) is 29.0 Å². The van der Waals surface area contributed by atoms with Gasteiger partial charge in [0, 0.05) is 13.0 Å². The van der Waals surface area contributed by atoms with Gasteiger partial charge in [-0.2, -0.15) is 4.68 Å². The number of benzene rings is 1. The monoisotopic (exact) mass is 388 g/mol. The third-order valence-corrected chi connectivity index (χ3v) is 4.78. The molecule has 8 nitrogen and oxygen atoms in total. The van der Waals surface area contributed by atoms with E-state index in [1.807, 2.05) is 4.72 Å². The lowest BCUT2D eigenvalue weighted by molar-refractivity contribution is 0.0980. The maximum absolute atomic E-state index is 14.3. The topological polar surface area (TPSA) is 95.2 Å². The molecule has 3 rings (SSSR count). The first kappa shape index (κ1) is 17.8. The van der Waals surface area contributed by atoms with Crippen molar-refractivity contribution >= 4 is 28.8 Å². The average Bonchev–Trinajstić information content (AvgIpc) is 2.92. The Kier molecular flexibility index (Phi) is 5.02. The van der Waals surface area contributed by atoms with Crippen LogP contribution in [-0.2, 0) is 28.4 Å². The number of aryl methyl sites for hydroxylation is 1. The molecule has 25 heavy (non-hydrogen) atoms. The van der Waals surface area contributed by atoms with Crippen molar-refractivity contribution in [3.63, 3.8) is 0 Å². The van der Waals surface area contributed by atoms with Gasteiger partial charge in [0.15, 0.2) is 5.82 Å². The molecule has 2 aromatic rings. The second kappa shape index (κ2) is 7.06. The largest absolute Gasteiger partial charge is 0.350 e. The van der Waals surface area contributed by atoms with Gasteiger partial charge in [-0.1, -0.05) is 11.6 Å². The van der Waals surface area contributed by atoms with E-state index >= 15 is 0 Å². The number of nitrogens with one attached hydrogen (secondary N) is 1. The summed E-state index contributed by atoms with van der Waals surface area (Å²) in [6, 6.07) is 2.01. The van der Waals surface area contributed by atoms with Gasteiger partial charge in [0.25, 0.3) is 17.2 Å². The molecule has 11 heteroatoms. The Morgan fingerprint density at radius 1 is 1.44 bits per heavy atom. The predicted octanol–water partition coefficient (Wildman–Crippen LogP) is 1.12. The lowest BCUT2D eigenvalue weighted by Crippen LogP contribution is -2.28. The summed E-state index contributed by atoms with van der Waals surface area (Å²) in [4.78, 5) is 24.6. The maximum Gasteiger partial charge on any atom is 0.350 e. The number of nitrogens with zero attached hydrogens (tertiary/aromatic N) is 3. The molecule has 0 fully saturated rings. The number of amides is 1. The fourth-order valence-electron chi connectivity index (χ4n) is 2.60. The Morgan fingerprint density at radius 3 is 2.88 bits per heavy atom. The summed E-state index contributed by atoms with van der Waals surface area (Å²) in [5.41, 5.74) is -0.839. The molecule has 1 atom stereocenters. The molecule has 0 saturated carbocycles. The van der Waals surface area contributed by atoms with Crippen molar-refractivity contribution in [1.29, 1.82) is 0 Å². The SMILES string of the molecule is COS(=O)NC(=O)c1cc(-n2nc3n(c2=O)CCCC3)c(F)cc1Cl. The zero-order valence-electron chi connectivity index (χ0n) is 13.1. The van der Waals surface area contributed by atoms with Crippen LogP contribution in [0.2, 0.25) is 5.02 Å². The number of carbonyl (C=O) groups excluding carboxylic acids is 1. The van der Waals surface area contributed by atoms with Crippen molar-refractivity contribution in [1.82, 2.24) is 19.1 Å². The molecular formula is C14H14ClFN4O4S. The van der Waals surface area contributed by atoms with Gasteiger partial charge in [0.1, 0.15) is 11.5 Å². The van der Waals surface area contributed by atoms with E-state index in [9.17, 15) is 18.2 Å². The highest BCUT2D eigenvalue weighted by Crippen LogP contribution is 2.23. The lowest BCUT2D eigenvalue weighted by Gasteiger charge is -2.09. The minimum absolute atomic E-state index is 0.152. The number of halogens is 2. The fourth-order valence-corrected chi connectivity index (χ4v) is 3.18. The van der Waals surface area contributed by atoms with Crippen LogP contribution in [0.3, 0.4) is 0 Å². The lowest BCUT2D eigenvalue weighted by atomic mass is 10.2. The van der Waals surface area contributed by atoms with Gasteiger partial charge in [-0.3, -0.25) is 13.5 Å². The molecule has 1 aliphatic heterocycles. The number of hydrogen-bond donors (Lipinski definition) is 1. The van der Waals surface area contributed by atoms with Crippen LogP contribution in [0.15, 0.2) is 16.9 Å². The Balaban J connectivity index is 2.07. The number of hydrogen-bond acceptors (Lipinski definition) is 5. The highest BCUT2D eigenvalue weighted by Gasteiger charge is 2.22. The summed E-state index contributed by atoms with van der Waals surface area (Å²) in [6.07, 6.45) is 2.37. The number of rotatable bonds is 4. The maximum atomic E-state index is 14.3. The Labute approximate surface area is 149 Å². The Hall–Kier alpha value is -2.04. The molecule has 1 amide bonds. The van der Waals surface area contributed by atoms with Crippen molar-refractivity contribution in [2.45, 2.75) is 25.8 Å². The van der Waals surface area contributed by atoms with Crippen LogP contribution in [0.5, 0.6) is 0 Å². The van der Waals surface area contributed by atoms with Crippen LogP contribution in [0, 0.1) is 5.82 Å². The van der Waals surface area contributed by atoms with Crippen LogP contribution < -0.4 is 10.4 Å². The van der Waals surface area contributed by atoms with Crippen LogP contribution >= 0.6 is 11.6 Å². The van der Waals surface area contributed by atoms with E-state index in [2.05, 4.69) is 9.28 Å². The Morgan fingerprint density at radius 2 is 2.20 bits per heavy atom. The second-order valence-electron chi connectivity index (χ2n) is 5.34. The third-order valence-electron chi connectivity index (χ3n) is 3.81. The molecule has 0 bridgehead atoms. The van der Waals surface area contributed by atoms with E-state index in [0.717, 1.165) is 36.8 Å². The van der Waals surface area contributed by atoms with E-state index in [1.54, 1.807) is 0 Å². The van der Waals surface area contributed by atoms with Crippen molar-refractivity contribution in [2.75, 3.05) is 7.11 Å². The summed E-state index contributed by atoms with van der Waals surface area (Å²) < 4.78 is 34.5. The molecule has 0 spiro atoms. The molecule has 1 aromatic carbocycles. The Bertz CT molecular complexity index is 926. The van der Waals surface area contributed by atoms with Crippen molar-refractivity contribution < 1.29 is 17.6 Å². The summed E-state index contributed by atoms with van der Waals surface area (Å²) in [7, 11) is 1.14. The zero-order chi connectivity index (χ0) is 18.1. The standard InChI is InChI=1S/C14H14ClFN4O4S/c1-24-25(23)18-13(21)8-6-11(10(16)7-9(8)15)20-14(22)19-5-3-2-4-12(19)17-20/h6-7H,2-5H2,1H3,(H,18,21). The predicted molar refractivity (Wildman–Crippen MR) is 88.3 cm³/mol. The number of aromatic nitrogens is 3. The molecule has 134 valence electrons.